The minimum Gasteiger partial charge on any atom is -0.354 e. The number of hydrogen-bond acceptors (Lipinski definition) is 5. The Morgan fingerprint density at radius 3 is 2.38 bits per heavy atom. The lowest BCUT2D eigenvalue weighted by molar-refractivity contribution is 0.203. The first-order valence-corrected chi connectivity index (χ1v) is 12.5. The van der Waals surface area contributed by atoms with Crippen LogP contribution in [0, 0.1) is 5.82 Å². The molecular formula is C25H34FN5S. The number of aromatic nitrogens is 2. The third kappa shape index (κ3) is 5.05. The topological polar surface area (TPSA) is 27.5 Å². The molecule has 3 aromatic rings. The molecule has 5 nitrogen and oxygen atoms in total. The zero-order valence-electron chi connectivity index (χ0n) is 19.6. The van der Waals surface area contributed by atoms with E-state index in [9.17, 15) is 4.39 Å². The van der Waals surface area contributed by atoms with Crippen LogP contribution in [0.15, 0.2) is 41.1 Å². The molecule has 1 aliphatic heterocycles. The summed E-state index contributed by atoms with van der Waals surface area (Å²) in [6.45, 7) is 12.4. The molecule has 0 unspecified atom stereocenters. The second-order valence-electron chi connectivity index (χ2n) is 8.91. The van der Waals surface area contributed by atoms with Gasteiger partial charge in [0, 0.05) is 50.9 Å². The molecule has 0 saturated carbocycles. The number of thiophene rings is 1. The number of rotatable bonds is 8. The predicted molar refractivity (Wildman–Crippen MR) is 131 cm³/mol. The highest BCUT2D eigenvalue weighted by molar-refractivity contribution is 7.07. The smallest absolute Gasteiger partial charge is 0.137 e. The average Bonchev–Trinajstić information content (AvgIpc) is 3.42. The second-order valence-corrected chi connectivity index (χ2v) is 9.69. The summed E-state index contributed by atoms with van der Waals surface area (Å²) >= 11 is 1.75. The SMILES string of the molecule is CCc1nn(-c2ccc(F)cc2)c(N2CCN(C)CC2)c1CN(Cc1ccsc1)C(C)C. The van der Waals surface area contributed by atoms with Crippen LogP contribution < -0.4 is 4.90 Å². The normalized spacial score (nSPS) is 15.3. The van der Waals surface area contributed by atoms with Gasteiger partial charge in [0.05, 0.1) is 11.4 Å². The summed E-state index contributed by atoms with van der Waals surface area (Å²) < 4.78 is 15.7. The van der Waals surface area contributed by atoms with E-state index in [1.165, 1.54) is 23.3 Å². The lowest BCUT2D eigenvalue weighted by Crippen LogP contribution is -2.45. The lowest BCUT2D eigenvalue weighted by Gasteiger charge is -2.35. The molecule has 3 heterocycles. The molecule has 4 rings (SSSR count). The predicted octanol–water partition coefficient (Wildman–Crippen LogP) is 4.80. The van der Waals surface area contributed by atoms with Crippen molar-refractivity contribution < 1.29 is 4.39 Å². The van der Waals surface area contributed by atoms with Gasteiger partial charge in [-0.25, -0.2) is 9.07 Å². The Kier molecular flexibility index (Phi) is 7.28. The summed E-state index contributed by atoms with van der Waals surface area (Å²) in [5, 5.41) is 9.43. The van der Waals surface area contributed by atoms with Gasteiger partial charge < -0.3 is 9.80 Å². The summed E-state index contributed by atoms with van der Waals surface area (Å²) in [6.07, 6.45) is 0.870. The van der Waals surface area contributed by atoms with Crippen molar-refractivity contribution >= 4 is 17.2 Å². The molecule has 0 bridgehead atoms. The van der Waals surface area contributed by atoms with E-state index >= 15 is 0 Å². The number of nitrogens with zero attached hydrogens (tertiary/aromatic N) is 5. The number of hydrogen-bond donors (Lipinski definition) is 0. The van der Waals surface area contributed by atoms with Crippen LogP contribution in [0.25, 0.3) is 5.69 Å². The van der Waals surface area contributed by atoms with Crippen molar-refractivity contribution in [3.05, 3.63) is 63.7 Å². The number of likely N-dealkylation sites (N-methyl/N-ethyl adjacent to an activating group) is 1. The monoisotopic (exact) mass is 455 g/mol. The van der Waals surface area contributed by atoms with E-state index in [2.05, 4.69) is 59.3 Å². The highest BCUT2D eigenvalue weighted by Gasteiger charge is 2.27. The fourth-order valence-electron chi connectivity index (χ4n) is 4.28. The summed E-state index contributed by atoms with van der Waals surface area (Å²) in [6, 6.07) is 9.33. The Morgan fingerprint density at radius 1 is 1.06 bits per heavy atom. The van der Waals surface area contributed by atoms with Crippen molar-refractivity contribution in [2.75, 3.05) is 38.1 Å². The summed E-state index contributed by atoms with van der Waals surface area (Å²) in [7, 11) is 2.17. The van der Waals surface area contributed by atoms with Gasteiger partial charge in [0.25, 0.3) is 0 Å². The minimum atomic E-state index is -0.222. The van der Waals surface area contributed by atoms with Gasteiger partial charge in [-0.05, 0) is 74.0 Å². The molecular weight excluding hydrogens is 421 g/mol. The highest BCUT2D eigenvalue weighted by atomic mass is 32.1. The molecule has 1 fully saturated rings. The largest absolute Gasteiger partial charge is 0.354 e. The fraction of sp³-hybridized carbons (Fsp3) is 0.480. The maximum Gasteiger partial charge on any atom is 0.137 e. The first-order chi connectivity index (χ1) is 15.5. The van der Waals surface area contributed by atoms with E-state index in [1.807, 2.05) is 16.8 Å². The van der Waals surface area contributed by atoms with Crippen molar-refractivity contribution in [3.63, 3.8) is 0 Å². The molecule has 0 aliphatic carbocycles. The van der Waals surface area contributed by atoms with E-state index in [-0.39, 0.29) is 5.82 Å². The Hall–Kier alpha value is -2.22. The first kappa shape index (κ1) is 23.0. The zero-order chi connectivity index (χ0) is 22.7. The Bertz CT molecular complexity index is 988. The molecule has 1 aliphatic rings. The lowest BCUT2D eigenvalue weighted by atomic mass is 10.1. The zero-order valence-corrected chi connectivity index (χ0v) is 20.4. The highest BCUT2D eigenvalue weighted by Crippen LogP contribution is 2.31. The van der Waals surface area contributed by atoms with E-state index in [0.717, 1.165) is 62.9 Å². The maximum absolute atomic E-state index is 13.6. The molecule has 0 atom stereocenters. The molecule has 2 aromatic heterocycles. The first-order valence-electron chi connectivity index (χ1n) is 11.5. The molecule has 1 saturated heterocycles. The van der Waals surface area contributed by atoms with Gasteiger partial charge in [-0.2, -0.15) is 16.4 Å². The van der Waals surface area contributed by atoms with E-state index in [1.54, 1.807) is 11.3 Å². The van der Waals surface area contributed by atoms with Crippen molar-refractivity contribution in [2.24, 2.45) is 0 Å². The van der Waals surface area contributed by atoms with Crippen LogP contribution in [0.5, 0.6) is 0 Å². The van der Waals surface area contributed by atoms with Gasteiger partial charge in [0.15, 0.2) is 0 Å². The molecule has 1 aromatic carbocycles. The molecule has 0 N–H and O–H groups in total. The molecule has 0 spiro atoms. The van der Waals surface area contributed by atoms with E-state index in [4.69, 9.17) is 5.10 Å². The van der Waals surface area contributed by atoms with Crippen LogP contribution >= 0.6 is 11.3 Å². The minimum absolute atomic E-state index is 0.222. The summed E-state index contributed by atoms with van der Waals surface area (Å²) in [5.74, 6) is 0.942. The molecule has 32 heavy (non-hydrogen) atoms. The number of aryl methyl sites for hydroxylation is 1. The van der Waals surface area contributed by atoms with Crippen molar-refractivity contribution in [1.29, 1.82) is 0 Å². The van der Waals surface area contributed by atoms with E-state index in [0.29, 0.717) is 6.04 Å². The molecule has 172 valence electrons. The Morgan fingerprint density at radius 2 is 1.78 bits per heavy atom. The standard InChI is InChI=1S/C25H34FN5S/c1-5-24-23(17-30(19(2)3)16-20-10-15-32-18-20)25(29-13-11-28(4)12-14-29)31(27-24)22-8-6-21(26)7-9-22/h6-10,15,18-19H,5,11-14,16-17H2,1-4H3. The molecule has 0 radical (unpaired) electrons. The number of halogens is 1. The van der Waals surface area contributed by atoms with Crippen LogP contribution in [0.3, 0.4) is 0 Å². The third-order valence-corrected chi connectivity index (χ3v) is 7.04. The van der Waals surface area contributed by atoms with Gasteiger partial charge in [-0.3, -0.25) is 4.90 Å². The van der Waals surface area contributed by atoms with Crippen LogP contribution in [0.4, 0.5) is 10.2 Å². The van der Waals surface area contributed by atoms with Crippen molar-refractivity contribution in [2.45, 2.75) is 46.3 Å². The number of anilines is 1. The average molecular weight is 456 g/mol. The van der Waals surface area contributed by atoms with E-state index < -0.39 is 0 Å². The molecule has 0 amide bonds. The van der Waals surface area contributed by atoms with Crippen LogP contribution in [0.1, 0.15) is 37.6 Å². The number of piperazine rings is 1. The number of benzene rings is 1. The summed E-state index contributed by atoms with van der Waals surface area (Å²) in [5.41, 5.74) is 4.69. The van der Waals surface area contributed by atoms with Gasteiger partial charge in [-0.1, -0.05) is 6.92 Å². The van der Waals surface area contributed by atoms with Crippen molar-refractivity contribution in [3.8, 4) is 5.69 Å². The third-order valence-electron chi connectivity index (χ3n) is 6.31. The molecule has 7 heteroatoms. The Balaban J connectivity index is 1.76. The van der Waals surface area contributed by atoms with Gasteiger partial charge in [-0.15, -0.1) is 0 Å². The van der Waals surface area contributed by atoms with Crippen LogP contribution in [0.2, 0.25) is 0 Å². The van der Waals surface area contributed by atoms with Crippen LogP contribution in [-0.2, 0) is 19.5 Å². The fourth-order valence-corrected chi connectivity index (χ4v) is 4.94. The summed E-state index contributed by atoms with van der Waals surface area (Å²) in [4.78, 5) is 7.35. The quantitative estimate of drug-likeness (QED) is 0.488. The van der Waals surface area contributed by atoms with Crippen LogP contribution in [-0.4, -0.2) is 58.8 Å². The van der Waals surface area contributed by atoms with Gasteiger partial charge in [0.2, 0.25) is 0 Å². The van der Waals surface area contributed by atoms with Gasteiger partial charge in [0.1, 0.15) is 11.6 Å². The maximum atomic E-state index is 13.6. The Labute approximate surface area is 195 Å². The second kappa shape index (κ2) is 10.1. The van der Waals surface area contributed by atoms with Gasteiger partial charge >= 0.3 is 0 Å². The van der Waals surface area contributed by atoms with Crippen molar-refractivity contribution in [1.82, 2.24) is 19.6 Å².